The smallest absolute Gasteiger partial charge is 0.263 e. The van der Waals surface area contributed by atoms with Gasteiger partial charge in [-0.15, -0.1) is 11.3 Å². The summed E-state index contributed by atoms with van der Waals surface area (Å²) in [4.78, 5) is 16.1. The van der Waals surface area contributed by atoms with E-state index in [-0.39, 0.29) is 16.9 Å². The summed E-state index contributed by atoms with van der Waals surface area (Å²) in [6.45, 7) is 2.99. The van der Waals surface area contributed by atoms with Gasteiger partial charge in [0.25, 0.3) is 5.91 Å². The molecule has 4 nitrogen and oxygen atoms in total. The van der Waals surface area contributed by atoms with Gasteiger partial charge in [0.05, 0.1) is 15.9 Å². The molecular weight excluding hydrogens is 342 g/mol. The first-order valence-corrected chi connectivity index (χ1v) is 10.6. The van der Waals surface area contributed by atoms with Gasteiger partial charge in [0.15, 0.2) is 9.84 Å². The molecule has 0 unspecified atom stereocenters. The summed E-state index contributed by atoms with van der Waals surface area (Å²) >= 11 is 1.49. The molecule has 0 N–H and O–H groups in total. The van der Waals surface area contributed by atoms with Gasteiger partial charge in [-0.3, -0.25) is 4.79 Å². The van der Waals surface area contributed by atoms with Gasteiger partial charge in [-0.2, -0.15) is 0 Å². The Kier molecular flexibility index (Phi) is 5.06. The molecule has 1 aliphatic heterocycles. The van der Waals surface area contributed by atoms with Gasteiger partial charge in [-0.05, 0) is 37.5 Å². The van der Waals surface area contributed by atoms with Crippen LogP contribution in [0.1, 0.15) is 33.0 Å². The van der Waals surface area contributed by atoms with E-state index in [9.17, 15) is 13.2 Å². The van der Waals surface area contributed by atoms with E-state index in [4.69, 9.17) is 0 Å². The predicted octanol–water partition coefficient (Wildman–Crippen LogP) is 3.28. The maximum absolute atomic E-state index is 12.6. The number of aryl methyl sites for hydroxylation is 1. The highest BCUT2D eigenvalue weighted by atomic mass is 32.2. The van der Waals surface area contributed by atoms with Crippen molar-refractivity contribution in [1.29, 1.82) is 0 Å². The molecule has 0 aliphatic carbocycles. The molecule has 1 aromatic carbocycles. The Balaban J connectivity index is 1.61. The Morgan fingerprint density at radius 3 is 2.38 bits per heavy atom. The first-order valence-electron chi connectivity index (χ1n) is 8.07. The second-order valence-corrected chi connectivity index (χ2v) is 9.76. The highest BCUT2D eigenvalue weighted by Crippen LogP contribution is 2.24. The van der Waals surface area contributed by atoms with E-state index in [1.165, 1.54) is 11.3 Å². The SMILES string of the molecule is Cc1ccc(C(=O)N2CCC(S(=O)(=O)Cc3ccccc3)CC2)s1. The molecule has 0 bridgehead atoms. The maximum Gasteiger partial charge on any atom is 0.263 e. The number of hydrogen-bond acceptors (Lipinski definition) is 4. The first-order chi connectivity index (χ1) is 11.5. The van der Waals surface area contributed by atoms with Crippen LogP contribution in [0, 0.1) is 6.92 Å². The Labute approximate surface area is 147 Å². The van der Waals surface area contributed by atoms with Gasteiger partial charge in [-0.1, -0.05) is 30.3 Å². The highest BCUT2D eigenvalue weighted by molar-refractivity contribution is 7.91. The van der Waals surface area contributed by atoms with Crippen molar-refractivity contribution in [3.63, 3.8) is 0 Å². The van der Waals surface area contributed by atoms with Gasteiger partial charge in [-0.25, -0.2) is 8.42 Å². The van der Waals surface area contributed by atoms with Gasteiger partial charge in [0, 0.05) is 18.0 Å². The molecule has 0 saturated carbocycles. The molecule has 1 saturated heterocycles. The molecule has 1 aliphatic rings. The number of hydrogen-bond donors (Lipinski definition) is 0. The van der Waals surface area contributed by atoms with Crippen LogP contribution >= 0.6 is 11.3 Å². The van der Waals surface area contributed by atoms with Gasteiger partial charge in [0.1, 0.15) is 0 Å². The maximum atomic E-state index is 12.6. The fourth-order valence-corrected chi connectivity index (χ4v) is 5.70. The van der Waals surface area contributed by atoms with Crippen molar-refractivity contribution < 1.29 is 13.2 Å². The Bertz CT molecular complexity index is 804. The minimum Gasteiger partial charge on any atom is -0.338 e. The molecular formula is C18H21NO3S2. The van der Waals surface area contributed by atoms with Crippen LogP contribution in [-0.4, -0.2) is 37.6 Å². The van der Waals surface area contributed by atoms with Crippen molar-refractivity contribution in [3.05, 3.63) is 57.8 Å². The quantitative estimate of drug-likeness (QED) is 0.838. The summed E-state index contributed by atoms with van der Waals surface area (Å²) in [6.07, 6.45) is 1.04. The van der Waals surface area contributed by atoms with E-state index >= 15 is 0 Å². The number of likely N-dealkylation sites (tertiary alicyclic amines) is 1. The minimum atomic E-state index is -3.18. The fraction of sp³-hybridized carbons (Fsp3) is 0.389. The average molecular weight is 364 g/mol. The molecule has 1 aromatic heterocycles. The minimum absolute atomic E-state index is 0.0204. The van der Waals surface area contributed by atoms with Gasteiger partial charge >= 0.3 is 0 Å². The molecule has 0 spiro atoms. The number of benzene rings is 1. The second kappa shape index (κ2) is 7.07. The standard InChI is InChI=1S/C18H21NO3S2/c1-14-7-8-17(23-14)18(20)19-11-9-16(10-12-19)24(21,22)13-15-5-3-2-4-6-15/h2-8,16H,9-13H2,1H3. The van der Waals surface area contributed by atoms with Crippen LogP contribution in [0.3, 0.4) is 0 Å². The van der Waals surface area contributed by atoms with E-state index in [1.54, 1.807) is 4.90 Å². The van der Waals surface area contributed by atoms with E-state index < -0.39 is 9.84 Å². The number of carbonyl (C=O) groups is 1. The van der Waals surface area contributed by atoms with Crippen molar-refractivity contribution in [3.8, 4) is 0 Å². The summed E-state index contributed by atoms with van der Waals surface area (Å²) in [5.41, 5.74) is 0.824. The molecule has 128 valence electrons. The van der Waals surface area contributed by atoms with Crippen molar-refractivity contribution >= 4 is 27.1 Å². The molecule has 0 atom stereocenters. The second-order valence-electron chi connectivity index (χ2n) is 6.19. The lowest BCUT2D eigenvalue weighted by molar-refractivity contribution is 0.0730. The van der Waals surface area contributed by atoms with Crippen molar-refractivity contribution in [2.24, 2.45) is 0 Å². The summed E-state index contributed by atoms with van der Waals surface area (Å²) in [5.74, 6) is 0.100. The van der Waals surface area contributed by atoms with Crippen LogP contribution in [0.2, 0.25) is 0 Å². The number of nitrogens with zero attached hydrogens (tertiary/aromatic N) is 1. The highest BCUT2D eigenvalue weighted by Gasteiger charge is 2.32. The molecule has 1 amide bonds. The topological polar surface area (TPSA) is 54.5 Å². The third kappa shape index (κ3) is 3.87. The predicted molar refractivity (Wildman–Crippen MR) is 97.0 cm³/mol. The van der Waals surface area contributed by atoms with Crippen LogP contribution in [0.5, 0.6) is 0 Å². The number of amides is 1. The van der Waals surface area contributed by atoms with Gasteiger partial charge < -0.3 is 4.90 Å². The van der Waals surface area contributed by atoms with E-state index in [0.29, 0.717) is 25.9 Å². The van der Waals surface area contributed by atoms with E-state index in [1.807, 2.05) is 49.4 Å². The van der Waals surface area contributed by atoms with E-state index in [0.717, 1.165) is 15.3 Å². The number of thiophene rings is 1. The number of sulfone groups is 1. The average Bonchev–Trinajstić information content (AvgIpc) is 3.01. The molecule has 2 aromatic rings. The Morgan fingerprint density at radius 2 is 1.79 bits per heavy atom. The summed E-state index contributed by atoms with van der Waals surface area (Å²) < 4.78 is 25.2. The van der Waals surface area contributed by atoms with Crippen LogP contribution in [0.4, 0.5) is 0 Å². The normalized spacial score (nSPS) is 16.3. The zero-order chi connectivity index (χ0) is 17.2. The summed E-state index contributed by atoms with van der Waals surface area (Å²) in [6, 6.07) is 13.1. The first kappa shape index (κ1) is 17.2. The largest absolute Gasteiger partial charge is 0.338 e. The zero-order valence-corrected chi connectivity index (χ0v) is 15.3. The third-order valence-corrected chi connectivity index (χ3v) is 7.61. The fourth-order valence-electron chi connectivity index (χ4n) is 3.05. The molecule has 0 radical (unpaired) electrons. The molecule has 2 heterocycles. The third-order valence-electron chi connectivity index (χ3n) is 4.40. The van der Waals surface area contributed by atoms with Crippen LogP contribution in [0.25, 0.3) is 0 Å². The van der Waals surface area contributed by atoms with Crippen molar-refractivity contribution in [2.45, 2.75) is 30.8 Å². The Morgan fingerprint density at radius 1 is 1.12 bits per heavy atom. The Hall–Kier alpha value is -1.66. The van der Waals surface area contributed by atoms with Crippen molar-refractivity contribution in [1.82, 2.24) is 4.90 Å². The summed E-state index contributed by atoms with van der Waals surface area (Å²) in [5, 5.41) is -0.355. The summed E-state index contributed by atoms with van der Waals surface area (Å²) in [7, 11) is -3.18. The monoisotopic (exact) mass is 363 g/mol. The van der Waals surface area contributed by atoms with Crippen molar-refractivity contribution in [2.75, 3.05) is 13.1 Å². The lowest BCUT2D eigenvalue weighted by atomic mass is 10.1. The van der Waals surface area contributed by atoms with Crippen LogP contribution in [-0.2, 0) is 15.6 Å². The molecule has 6 heteroatoms. The number of piperidine rings is 1. The van der Waals surface area contributed by atoms with Crippen LogP contribution in [0.15, 0.2) is 42.5 Å². The van der Waals surface area contributed by atoms with E-state index in [2.05, 4.69) is 0 Å². The lowest BCUT2D eigenvalue weighted by Gasteiger charge is -2.31. The molecule has 24 heavy (non-hydrogen) atoms. The zero-order valence-electron chi connectivity index (χ0n) is 13.6. The molecule has 1 fully saturated rings. The lowest BCUT2D eigenvalue weighted by Crippen LogP contribution is -2.42. The number of carbonyl (C=O) groups excluding carboxylic acids is 1. The molecule has 3 rings (SSSR count). The number of rotatable bonds is 4. The van der Waals surface area contributed by atoms with Crippen LogP contribution < -0.4 is 0 Å². The van der Waals surface area contributed by atoms with Gasteiger partial charge in [0.2, 0.25) is 0 Å².